The third-order valence-corrected chi connectivity index (χ3v) is 6.17. The number of imidazole rings is 1. The molecule has 7 nitrogen and oxygen atoms in total. The van der Waals surface area contributed by atoms with Gasteiger partial charge in [0.25, 0.3) is 5.91 Å². The number of sulfonamides is 1. The molecular weight excluding hydrogens is 352 g/mol. The van der Waals surface area contributed by atoms with Crippen molar-refractivity contribution < 1.29 is 13.2 Å². The molecule has 1 saturated heterocycles. The summed E-state index contributed by atoms with van der Waals surface area (Å²) in [4.78, 5) is 19.2. The number of pyridine rings is 1. The first-order valence-electron chi connectivity index (χ1n) is 9.00. The van der Waals surface area contributed by atoms with Crippen molar-refractivity contribution in [3.05, 3.63) is 35.9 Å². The molecule has 1 amide bonds. The van der Waals surface area contributed by atoms with Gasteiger partial charge in [0, 0.05) is 38.8 Å². The largest absolute Gasteiger partial charge is 0.340 e. The molecule has 1 aliphatic rings. The highest BCUT2D eigenvalue weighted by molar-refractivity contribution is 7.88. The Kier molecular flexibility index (Phi) is 5.34. The maximum Gasteiger partial charge on any atom is 0.274 e. The van der Waals surface area contributed by atoms with E-state index in [1.807, 2.05) is 35.7 Å². The van der Waals surface area contributed by atoms with Gasteiger partial charge < -0.3 is 9.30 Å². The van der Waals surface area contributed by atoms with Crippen molar-refractivity contribution in [3.8, 4) is 0 Å². The minimum Gasteiger partial charge on any atom is -0.340 e. The lowest BCUT2D eigenvalue weighted by Crippen LogP contribution is -2.38. The molecule has 2 aromatic heterocycles. The third kappa shape index (κ3) is 3.61. The number of hydrogen-bond acceptors (Lipinski definition) is 4. The molecule has 1 atom stereocenters. The quantitative estimate of drug-likeness (QED) is 0.797. The van der Waals surface area contributed by atoms with E-state index in [0.717, 1.165) is 30.6 Å². The van der Waals surface area contributed by atoms with Gasteiger partial charge in [0.05, 0.1) is 11.8 Å². The molecule has 26 heavy (non-hydrogen) atoms. The Labute approximate surface area is 154 Å². The molecule has 0 N–H and O–H groups in total. The molecular formula is C18H26N4O3S. The maximum absolute atomic E-state index is 12.8. The fraction of sp³-hybridized carbons (Fsp3) is 0.556. The van der Waals surface area contributed by atoms with Crippen molar-refractivity contribution in [1.82, 2.24) is 18.6 Å². The van der Waals surface area contributed by atoms with Gasteiger partial charge in [-0.25, -0.2) is 17.7 Å². The van der Waals surface area contributed by atoms with Crippen LogP contribution in [0.15, 0.2) is 24.4 Å². The average molecular weight is 378 g/mol. The van der Waals surface area contributed by atoms with Crippen LogP contribution in [-0.2, 0) is 10.0 Å². The van der Waals surface area contributed by atoms with Crippen LogP contribution in [0.1, 0.15) is 48.4 Å². The Hall–Kier alpha value is -1.93. The third-order valence-electron chi connectivity index (χ3n) is 4.90. The maximum atomic E-state index is 12.8. The second-order valence-corrected chi connectivity index (χ2v) is 8.94. The van der Waals surface area contributed by atoms with Gasteiger partial charge in [-0.2, -0.15) is 0 Å². The van der Waals surface area contributed by atoms with Gasteiger partial charge in [-0.3, -0.25) is 4.79 Å². The second kappa shape index (κ2) is 7.36. The highest BCUT2D eigenvalue weighted by Crippen LogP contribution is 2.29. The van der Waals surface area contributed by atoms with Crippen LogP contribution in [0.3, 0.4) is 0 Å². The molecule has 142 valence electrons. The fourth-order valence-corrected chi connectivity index (χ4v) is 4.49. The van der Waals surface area contributed by atoms with E-state index in [2.05, 4.69) is 4.98 Å². The first-order chi connectivity index (χ1) is 12.3. The summed E-state index contributed by atoms with van der Waals surface area (Å²) in [5.74, 6) is 0.645. The zero-order chi connectivity index (χ0) is 18.9. The van der Waals surface area contributed by atoms with Crippen LogP contribution in [0.4, 0.5) is 0 Å². The highest BCUT2D eigenvalue weighted by atomic mass is 32.2. The number of hydrogen-bond donors (Lipinski definition) is 0. The van der Waals surface area contributed by atoms with E-state index in [-0.39, 0.29) is 11.8 Å². The number of carbonyl (C=O) groups excluding carboxylic acids is 1. The second-order valence-electron chi connectivity index (χ2n) is 6.96. The van der Waals surface area contributed by atoms with E-state index in [0.29, 0.717) is 25.3 Å². The normalized spacial score (nSPS) is 19.0. The molecule has 3 heterocycles. The molecule has 8 heteroatoms. The van der Waals surface area contributed by atoms with Crippen molar-refractivity contribution in [2.45, 2.75) is 32.1 Å². The summed E-state index contributed by atoms with van der Waals surface area (Å²) in [6.07, 6.45) is 5.67. The summed E-state index contributed by atoms with van der Waals surface area (Å²) in [5.41, 5.74) is 1.21. The van der Waals surface area contributed by atoms with E-state index < -0.39 is 10.0 Å². The number of piperidine rings is 1. The van der Waals surface area contributed by atoms with Crippen molar-refractivity contribution in [3.63, 3.8) is 0 Å². The fourth-order valence-electron chi connectivity index (χ4n) is 3.58. The van der Waals surface area contributed by atoms with Crippen LogP contribution in [0, 0.1) is 0 Å². The van der Waals surface area contributed by atoms with Crippen LogP contribution in [0.2, 0.25) is 0 Å². The number of rotatable bonds is 5. The van der Waals surface area contributed by atoms with E-state index in [1.165, 1.54) is 10.6 Å². The molecule has 3 rings (SSSR count). The number of nitrogens with zero attached hydrogens (tertiary/aromatic N) is 4. The van der Waals surface area contributed by atoms with Gasteiger partial charge in [0.1, 0.15) is 5.82 Å². The van der Waals surface area contributed by atoms with Crippen molar-refractivity contribution in [1.29, 1.82) is 0 Å². The topological polar surface area (TPSA) is 75.0 Å². The predicted molar refractivity (Wildman–Crippen MR) is 101 cm³/mol. The molecule has 0 aliphatic carbocycles. The summed E-state index contributed by atoms with van der Waals surface area (Å²) in [6.45, 7) is 3.66. The van der Waals surface area contributed by atoms with Crippen LogP contribution >= 0.6 is 0 Å². The smallest absolute Gasteiger partial charge is 0.274 e. The number of carbonyl (C=O) groups is 1. The zero-order valence-electron chi connectivity index (χ0n) is 15.6. The van der Waals surface area contributed by atoms with E-state index in [1.54, 1.807) is 11.9 Å². The highest BCUT2D eigenvalue weighted by Gasteiger charge is 2.31. The zero-order valence-corrected chi connectivity index (χ0v) is 16.4. The lowest BCUT2D eigenvalue weighted by Gasteiger charge is -2.30. The minimum atomic E-state index is -3.23. The summed E-state index contributed by atoms with van der Waals surface area (Å²) in [6, 6.07) is 5.68. The van der Waals surface area contributed by atoms with Gasteiger partial charge in [0.15, 0.2) is 5.69 Å². The van der Waals surface area contributed by atoms with E-state index >= 15 is 0 Å². The summed E-state index contributed by atoms with van der Waals surface area (Å²) < 4.78 is 27.3. The summed E-state index contributed by atoms with van der Waals surface area (Å²) >= 11 is 0. The first kappa shape index (κ1) is 18.8. The monoisotopic (exact) mass is 378 g/mol. The van der Waals surface area contributed by atoms with Gasteiger partial charge in [-0.1, -0.05) is 13.0 Å². The standard InChI is InChI=1S/C18H26N4O3S/c1-4-10-20(2)18(23)16-15-9-5-6-12-22(15)17(19-16)14-8-7-11-21(13-14)26(3,24)25/h5-6,9,12,14H,4,7-8,10-11,13H2,1-3H3. The molecule has 1 aliphatic heterocycles. The Morgan fingerprint density at radius 1 is 1.38 bits per heavy atom. The first-order valence-corrected chi connectivity index (χ1v) is 10.8. The van der Waals surface area contributed by atoms with Crippen LogP contribution in [-0.4, -0.2) is 65.9 Å². The van der Waals surface area contributed by atoms with Gasteiger partial charge in [-0.05, 0) is 31.4 Å². The SMILES string of the molecule is CCCN(C)C(=O)c1nc(C2CCCN(S(C)(=O)=O)C2)n2ccccc12. The molecule has 1 unspecified atom stereocenters. The van der Waals surface area contributed by atoms with Crippen molar-refractivity contribution >= 4 is 21.4 Å². The van der Waals surface area contributed by atoms with Gasteiger partial charge in [0.2, 0.25) is 10.0 Å². The molecule has 0 radical (unpaired) electrons. The minimum absolute atomic E-state index is 0.0218. The Balaban J connectivity index is 2.00. The van der Waals surface area contributed by atoms with Gasteiger partial charge >= 0.3 is 0 Å². The summed E-state index contributed by atoms with van der Waals surface area (Å²) in [7, 11) is -1.45. The number of aromatic nitrogens is 2. The Morgan fingerprint density at radius 2 is 2.15 bits per heavy atom. The lowest BCUT2D eigenvalue weighted by atomic mass is 9.99. The molecule has 0 aromatic carbocycles. The molecule has 2 aromatic rings. The Bertz CT molecular complexity index is 906. The van der Waals surface area contributed by atoms with Gasteiger partial charge in [-0.15, -0.1) is 0 Å². The lowest BCUT2D eigenvalue weighted by molar-refractivity contribution is 0.0791. The van der Waals surface area contributed by atoms with Crippen LogP contribution in [0.5, 0.6) is 0 Å². The molecule has 1 fully saturated rings. The van der Waals surface area contributed by atoms with Crippen molar-refractivity contribution in [2.75, 3.05) is 32.9 Å². The van der Waals surface area contributed by atoms with E-state index in [4.69, 9.17) is 0 Å². The molecule has 0 saturated carbocycles. The molecule has 0 bridgehead atoms. The van der Waals surface area contributed by atoms with Crippen LogP contribution in [0.25, 0.3) is 5.52 Å². The van der Waals surface area contributed by atoms with Crippen LogP contribution < -0.4 is 0 Å². The number of amides is 1. The van der Waals surface area contributed by atoms with Crippen molar-refractivity contribution in [2.24, 2.45) is 0 Å². The number of fused-ring (bicyclic) bond motifs is 1. The Morgan fingerprint density at radius 3 is 2.85 bits per heavy atom. The summed E-state index contributed by atoms with van der Waals surface area (Å²) in [5, 5.41) is 0. The average Bonchev–Trinajstić information content (AvgIpc) is 3.00. The van der Waals surface area contributed by atoms with E-state index in [9.17, 15) is 13.2 Å². The molecule has 0 spiro atoms. The predicted octanol–water partition coefficient (Wildman–Crippen LogP) is 1.96.